The zero-order chi connectivity index (χ0) is 22.1. The number of ether oxygens (including phenoxy) is 2. The van der Waals surface area contributed by atoms with Crippen molar-refractivity contribution < 1.29 is 23.7 Å². The lowest BCUT2D eigenvalue weighted by atomic mass is 10.1. The second-order valence-corrected chi connectivity index (χ2v) is 7.23. The summed E-state index contributed by atoms with van der Waals surface area (Å²) in [7, 11) is 1.50. The first kappa shape index (κ1) is 20.4. The van der Waals surface area contributed by atoms with E-state index in [-0.39, 0.29) is 18.2 Å². The van der Waals surface area contributed by atoms with E-state index in [1.165, 1.54) is 19.2 Å². The number of nitro groups is 1. The number of nitrogens with zero attached hydrogens (tertiary/aromatic N) is 3. The van der Waals surface area contributed by atoms with Gasteiger partial charge in [0.1, 0.15) is 12.4 Å². The number of aromatic nitrogens is 1. The molecular formula is C22H21N3O6. The maximum Gasteiger partial charge on any atom is 0.271 e. The molecular weight excluding hydrogens is 402 g/mol. The van der Waals surface area contributed by atoms with Crippen molar-refractivity contribution in [1.82, 2.24) is 5.16 Å². The Morgan fingerprint density at radius 2 is 2.03 bits per heavy atom. The molecule has 31 heavy (non-hydrogen) atoms. The molecule has 0 spiro atoms. The van der Waals surface area contributed by atoms with Crippen molar-refractivity contribution in [3.8, 4) is 11.5 Å². The molecule has 0 N–H and O–H groups in total. The second-order valence-electron chi connectivity index (χ2n) is 7.23. The van der Waals surface area contributed by atoms with Gasteiger partial charge in [-0.05, 0) is 44.0 Å². The summed E-state index contributed by atoms with van der Waals surface area (Å²) in [5, 5.41) is 15.0. The lowest BCUT2D eigenvalue weighted by molar-refractivity contribution is -0.384. The van der Waals surface area contributed by atoms with E-state index in [0.29, 0.717) is 41.5 Å². The van der Waals surface area contributed by atoms with E-state index in [2.05, 4.69) is 5.16 Å². The third-order valence-electron chi connectivity index (χ3n) is 5.38. The number of fused-ring (bicyclic) bond motifs is 1. The molecule has 160 valence electrons. The minimum Gasteiger partial charge on any atom is -0.493 e. The van der Waals surface area contributed by atoms with E-state index < -0.39 is 4.92 Å². The molecule has 0 saturated carbocycles. The highest BCUT2D eigenvalue weighted by Gasteiger charge is 2.28. The second kappa shape index (κ2) is 8.10. The van der Waals surface area contributed by atoms with E-state index in [1.807, 2.05) is 13.8 Å². The van der Waals surface area contributed by atoms with E-state index in [1.54, 1.807) is 29.2 Å². The number of methoxy groups -OCH3 is 1. The topological polar surface area (TPSA) is 108 Å². The minimum atomic E-state index is -0.463. The van der Waals surface area contributed by atoms with Gasteiger partial charge in [0.15, 0.2) is 11.5 Å². The highest BCUT2D eigenvalue weighted by Crippen LogP contribution is 2.35. The van der Waals surface area contributed by atoms with Crippen molar-refractivity contribution in [2.24, 2.45) is 0 Å². The summed E-state index contributed by atoms with van der Waals surface area (Å²) in [5.41, 5.74) is 3.45. The predicted molar refractivity (Wildman–Crippen MR) is 112 cm³/mol. The molecule has 0 aliphatic carbocycles. The largest absolute Gasteiger partial charge is 0.493 e. The molecule has 4 rings (SSSR count). The van der Waals surface area contributed by atoms with Gasteiger partial charge in [-0.2, -0.15) is 0 Å². The number of carbonyl (C=O) groups is 1. The zero-order valence-electron chi connectivity index (χ0n) is 17.4. The molecule has 0 radical (unpaired) electrons. The van der Waals surface area contributed by atoms with Gasteiger partial charge in [-0.25, -0.2) is 0 Å². The van der Waals surface area contributed by atoms with Crippen LogP contribution < -0.4 is 14.4 Å². The van der Waals surface area contributed by atoms with Gasteiger partial charge in [-0.3, -0.25) is 14.9 Å². The zero-order valence-corrected chi connectivity index (χ0v) is 17.4. The Hall–Kier alpha value is -3.88. The summed E-state index contributed by atoms with van der Waals surface area (Å²) in [6.07, 6.45) is 0.648. The summed E-state index contributed by atoms with van der Waals surface area (Å²) in [5.74, 6) is 1.33. The molecule has 2 aromatic carbocycles. The Kier molecular flexibility index (Phi) is 5.33. The molecule has 2 heterocycles. The lowest BCUT2D eigenvalue weighted by Gasteiger charge is -2.18. The fraction of sp³-hybridized carbons (Fsp3) is 0.273. The number of aryl methyl sites for hydroxylation is 2. The average molecular weight is 423 g/mol. The summed E-state index contributed by atoms with van der Waals surface area (Å²) in [4.78, 5) is 25.4. The number of anilines is 1. The number of hydrogen-bond acceptors (Lipinski definition) is 7. The molecule has 9 heteroatoms. The predicted octanol–water partition coefficient (Wildman–Crippen LogP) is 3.99. The Bertz CT molecular complexity index is 1150. The fourth-order valence-electron chi connectivity index (χ4n) is 3.63. The quantitative estimate of drug-likeness (QED) is 0.436. The number of carbonyl (C=O) groups excluding carboxylic acids is 1. The molecule has 1 aromatic heterocycles. The molecule has 9 nitrogen and oxygen atoms in total. The summed E-state index contributed by atoms with van der Waals surface area (Å²) in [6, 6.07) is 9.55. The number of amides is 1. The summed E-state index contributed by atoms with van der Waals surface area (Å²) in [6.45, 7) is 4.37. The van der Waals surface area contributed by atoms with Crippen LogP contribution >= 0.6 is 0 Å². The van der Waals surface area contributed by atoms with Gasteiger partial charge in [0.2, 0.25) is 0 Å². The van der Waals surface area contributed by atoms with Crippen LogP contribution in [0.25, 0.3) is 0 Å². The Labute approximate surface area is 178 Å². The van der Waals surface area contributed by atoms with Crippen LogP contribution in [0.3, 0.4) is 0 Å². The van der Waals surface area contributed by atoms with Gasteiger partial charge in [-0.15, -0.1) is 0 Å². The summed E-state index contributed by atoms with van der Waals surface area (Å²) >= 11 is 0. The molecule has 1 aliphatic heterocycles. The van der Waals surface area contributed by atoms with Gasteiger partial charge in [-0.1, -0.05) is 11.2 Å². The van der Waals surface area contributed by atoms with Crippen molar-refractivity contribution in [1.29, 1.82) is 0 Å². The van der Waals surface area contributed by atoms with Gasteiger partial charge < -0.3 is 18.9 Å². The van der Waals surface area contributed by atoms with Crippen molar-refractivity contribution in [3.63, 3.8) is 0 Å². The molecule has 1 amide bonds. The number of rotatable bonds is 6. The minimum absolute atomic E-state index is 0.0425. The third-order valence-corrected chi connectivity index (χ3v) is 5.38. The standard InChI is InChI=1S/C22H21N3O6/c1-13-18(14(2)31-23-13)12-30-20-7-5-16(10-21(20)29-3)22(26)24-9-8-15-4-6-17(25(27)28)11-19(15)24/h4-7,10-11H,8-9,12H2,1-3H3. The molecule has 3 aromatic rings. The van der Waals surface area contributed by atoms with Crippen molar-refractivity contribution in [3.05, 3.63) is 74.7 Å². The maximum atomic E-state index is 13.1. The van der Waals surface area contributed by atoms with Crippen LogP contribution in [0, 0.1) is 24.0 Å². The third kappa shape index (κ3) is 3.81. The Balaban J connectivity index is 1.57. The normalized spacial score (nSPS) is 12.5. The van der Waals surface area contributed by atoms with Crippen LogP contribution in [-0.2, 0) is 13.0 Å². The monoisotopic (exact) mass is 423 g/mol. The first-order chi connectivity index (χ1) is 14.9. The van der Waals surface area contributed by atoms with E-state index in [0.717, 1.165) is 16.8 Å². The van der Waals surface area contributed by atoms with E-state index >= 15 is 0 Å². The number of hydrogen-bond donors (Lipinski definition) is 0. The summed E-state index contributed by atoms with van der Waals surface area (Å²) < 4.78 is 16.4. The van der Waals surface area contributed by atoms with Gasteiger partial charge in [0.25, 0.3) is 11.6 Å². The molecule has 1 aliphatic rings. The Morgan fingerprint density at radius 1 is 1.23 bits per heavy atom. The average Bonchev–Trinajstić information content (AvgIpc) is 3.34. The van der Waals surface area contributed by atoms with Crippen LogP contribution in [-0.4, -0.2) is 29.6 Å². The fourth-order valence-corrected chi connectivity index (χ4v) is 3.63. The van der Waals surface area contributed by atoms with Gasteiger partial charge >= 0.3 is 0 Å². The van der Waals surface area contributed by atoms with Crippen molar-refractivity contribution in [2.45, 2.75) is 26.9 Å². The number of non-ortho nitro benzene ring substituents is 1. The maximum absolute atomic E-state index is 13.1. The van der Waals surface area contributed by atoms with Crippen LogP contribution in [0.1, 0.15) is 32.9 Å². The molecule has 0 saturated heterocycles. The van der Waals surface area contributed by atoms with Crippen molar-refractivity contribution >= 4 is 17.3 Å². The molecule has 0 bridgehead atoms. The highest BCUT2D eigenvalue weighted by molar-refractivity contribution is 6.07. The smallest absolute Gasteiger partial charge is 0.271 e. The van der Waals surface area contributed by atoms with Gasteiger partial charge in [0, 0.05) is 24.2 Å². The van der Waals surface area contributed by atoms with Gasteiger partial charge in [0.05, 0.1) is 29.0 Å². The van der Waals surface area contributed by atoms with Crippen LogP contribution in [0.15, 0.2) is 40.9 Å². The first-order valence-corrected chi connectivity index (χ1v) is 9.70. The number of benzene rings is 2. The van der Waals surface area contributed by atoms with Crippen LogP contribution in [0.2, 0.25) is 0 Å². The van der Waals surface area contributed by atoms with E-state index in [9.17, 15) is 14.9 Å². The van der Waals surface area contributed by atoms with E-state index in [4.69, 9.17) is 14.0 Å². The lowest BCUT2D eigenvalue weighted by Crippen LogP contribution is -2.28. The van der Waals surface area contributed by atoms with Crippen LogP contribution in [0.4, 0.5) is 11.4 Å². The van der Waals surface area contributed by atoms with Crippen LogP contribution in [0.5, 0.6) is 11.5 Å². The number of nitro benzene ring substituents is 1. The Morgan fingerprint density at radius 3 is 2.71 bits per heavy atom. The molecule has 0 fully saturated rings. The molecule has 0 atom stereocenters. The highest BCUT2D eigenvalue weighted by atomic mass is 16.6. The SMILES string of the molecule is COc1cc(C(=O)N2CCc3ccc([N+](=O)[O-])cc32)ccc1OCc1c(C)noc1C. The molecule has 0 unspecified atom stereocenters. The first-order valence-electron chi connectivity index (χ1n) is 9.70. The van der Waals surface area contributed by atoms with Crippen molar-refractivity contribution in [2.75, 3.05) is 18.6 Å².